The molecule has 0 heterocycles. The molecule has 5 heteroatoms. The van der Waals surface area contributed by atoms with Crippen LogP contribution < -0.4 is 16.8 Å². The zero-order valence-electron chi connectivity index (χ0n) is 10.7. The summed E-state index contributed by atoms with van der Waals surface area (Å²) >= 11 is 0. The van der Waals surface area contributed by atoms with Crippen molar-refractivity contribution < 1.29 is 9.59 Å². The minimum atomic E-state index is -0.675. The Morgan fingerprint density at radius 2 is 1.78 bits per heavy atom. The summed E-state index contributed by atoms with van der Waals surface area (Å²) in [4.78, 5) is 22.6. The highest BCUT2D eigenvalue weighted by Gasteiger charge is 2.29. The third-order valence-electron chi connectivity index (χ3n) is 2.86. The molecule has 0 aliphatic carbocycles. The summed E-state index contributed by atoms with van der Waals surface area (Å²) in [6, 6.07) is 7.16. The molecule has 0 aliphatic rings. The van der Waals surface area contributed by atoms with Crippen molar-refractivity contribution in [2.45, 2.75) is 25.7 Å². The van der Waals surface area contributed by atoms with Crippen molar-refractivity contribution in [2.24, 2.45) is 5.73 Å². The molecule has 0 saturated carbocycles. The van der Waals surface area contributed by atoms with Crippen molar-refractivity contribution in [3.63, 3.8) is 0 Å². The van der Waals surface area contributed by atoms with E-state index in [0.717, 1.165) is 5.56 Å². The van der Waals surface area contributed by atoms with Crippen LogP contribution in [0.1, 0.15) is 25.8 Å². The summed E-state index contributed by atoms with van der Waals surface area (Å²) in [6.45, 7) is 3.89. The fourth-order valence-corrected chi connectivity index (χ4v) is 1.55. The summed E-state index contributed by atoms with van der Waals surface area (Å²) < 4.78 is 0. The maximum absolute atomic E-state index is 12.0. The van der Waals surface area contributed by atoms with Crippen molar-refractivity contribution in [1.82, 2.24) is 5.32 Å². The molecule has 5 N–H and O–H groups in total. The van der Waals surface area contributed by atoms with Crippen molar-refractivity contribution in [3.05, 3.63) is 29.8 Å². The van der Waals surface area contributed by atoms with E-state index in [1.807, 2.05) is 26.0 Å². The predicted octanol–water partition coefficient (Wildman–Crippen LogP) is 0.538. The van der Waals surface area contributed by atoms with Crippen LogP contribution in [0.2, 0.25) is 0 Å². The van der Waals surface area contributed by atoms with E-state index < -0.39 is 11.3 Å². The maximum atomic E-state index is 12.0. The van der Waals surface area contributed by atoms with Crippen LogP contribution in [0, 0.1) is 0 Å². The quantitative estimate of drug-likeness (QED) is 0.664. The van der Waals surface area contributed by atoms with Crippen molar-refractivity contribution in [2.75, 3.05) is 12.3 Å². The van der Waals surface area contributed by atoms with Crippen molar-refractivity contribution >= 4 is 17.5 Å². The molecule has 0 saturated heterocycles. The molecule has 1 rings (SSSR count). The van der Waals surface area contributed by atoms with Gasteiger partial charge in [0.05, 0.1) is 5.41 Å². The number of hydrogen-bond acceptors (Lipinski definition) is 3. The highest BCUT2D eigenvalue weighted by molar-refractivity contribution is 5.87. The molecule has 18 heavy (non-hydrogen) atoms. The average molecular weight is 249 g/mol. The zero-order valence-corrected chi connectivity index (χ0v) is 10.7. The van der Waals surface area contributed by atoms with Gasteiger partial charge in [-0.25, -0.2) is 0 Å². The monoisotopic (exact) mass is 249 g/mol. The number of anilines is 1. The standard InChI is InChI=1S/C13H19N3O2/c1-13(2,9-3-5-10(14)6-4-9)12(18)16-8-7-11(15)17/h3-6H,7-8,14H2,1-2H3,(H2,15,17)(H,16,18). The number of nitrogen functional groups attached to an aromatic ring is 1. The fourth-order valence-electron chi connectivity index (χ4n) is 1.55. The van der Waals surface area contributed by atoms with Gasteiger partial charge >= 0.3 is 0 Å². The molecule has 1 aromatic carbocycles. The topological polar surface area (TPSA) is 98.2 Å². The number of carbonyl (C=O) groups excluding carboxylic acids is 2. The number of rotatable bonds is 5. The molecule has 5 nitrogen and oxygen atoms in total. The van der Waals surface area contributed by atoms with Gasteiger partial charge in [0.1, 0.15) is 0 Å². The van der Waals surface area contributed by atoms with Gasteiger partial charge in [-0.15, -0.1) is 0 Å². The molecule has 0 unspecified atom stereocenters. The van der Waals surface area contributed by atoms with Crippen LogP contribution >= 0.6 is 0 Å². The molecule has 2 amide bonds. The second-order valence-electron chi connectivity index (χ2n) is 4.72. The molecule has 1 aromatic rings. The SMILES string of the molecule is CC(C)(C(=O)NCCC(N)=O)c1ccc(N)cc1. The van der Waals surface area contributed by atoms with Gasteiger partial charge in [0.2, 0.25) is 11.8 Å². The molecule has 0 bridgehead atoms. The molecular formula is C13H19N3O2. The molecule has 0 radical (unpaired) electrons. The first kappa shape index (κ1) is 14.0. The molecule has 0 spiro atoms. The van der Waals surface area contributed by atoms with E-state index in [0.29, 0.717) is 5.69 Å². The number of amides is 2. The minimum Gasteiger partial charge on any atom is -0.399 e. The normalized spacial score (nSPS) is 11.0. The number of carbonyl (C=O) groups is 2. The Hall–Kier alpha value is -2.04. The van der Waals surface area contributed by atoms with Crippen LogP contribution in [0.25, 0.3) is 0 Å². The Kier molecular flexibility index (Phi) is 4.31. The Labute approximate surface area is 107 Å². The van der Waals surface area contributed by atoms with Gasteiger partial charge < -0.3 is 16.8 Å². The first-order valence-electron chi connectivity index (χ1n) is 5.76. The number of nitrogens with two attached hydrogens (primary N) is 2. The molecule has 0 atom stereocenters. The van der Waals surface area contributed by atoms with E-state index in [9.17, 15) is 9.59 Å². The number of nitrogens with one attached hydrogen (secondary N) is 1. The molecular weight excluding hydrogens is 230 g/mol. The Balaban J connectivity index is 2.70. The predicted molar refractivity (Wildman–Crippen MR) is 70.7 cm³/mol. The average Bonchev–Trinajstić information content (AvgIpc) is 2.28. The molecule has 0 fully saturated rings. The van der Waals surface area contributed by atoms with Gasteiger partial charge in [-0.3, -0.25) is 9.59 Å². The van der Waals surface area contributed by atoms with Gasteiger partial charge in [-0.05, 0) is 31.5 Å². The first-order chi connectivity index (χ1) is 8.34. The van der Waals surface area contributed by atoms with Crippen LogP contribution in [-0.4, -0.2) is 18.4 Å². The van der Waals surface area contributed by atoms with Gasteiger partial charge in [-0.2, -0.15) is 0 Å². The van der Waals surface area contributed by atoms with E-state index in [1.54, 1.807) is 12.1 Å². The third-order valence-corrected chi connectivity index (χ3v) is 2.86. The lowest BCUT2D eigenvalue weighted by Crippen LogP contribution is -2.41. The summed E-state index contributed by atoms with van der Waals surface area (Å²) in [5.74, 6) is -0.575. The van der Waals surface area contributed by atoms with Crippen molar-refractivity contribution in [1.29, 1.82) is 0 Å². The Bertz CT molecular complexity index is 438. The second-order valence-corrected chi connectivity index (χ2v) is 4.72. The van der Waals surface area contributed by atoms with E-state index in [1.165, 1.54) is 0 Å². The lowest BCUT2D eigenvalue weighted by Gasteiger charge is -2.24. The smallest absolute Gasteiger partial charge is 0.230 e. The minimum absolute atomic E-state index is 0.142. The summed E-state index contributed by atoms with van der Waals surface area (Å²) in [6.07, 6.45) is 0.142. The Morgan fingerprint density at radius 3 is 2.28 bits per heavy atom. The van der Waals surface area contributed by atoms with E-state index in [4.69, 9.17) is 11.5 Å². The first-order valence-corrected chi connectivity index (χ1v) is 5.76. The lowest BCUT2D eigenvalue weighted by molar-refractivity contribution is -0.125. The van der Waals surface area contributed by atoms with Crippen LogP contribution in [-0.2, 0) is 15.0 Å². The van der Waals surface area contributed by atoms with Crippen LogP contribution in [0.5, 0.6) is 0 Å². The number of primary amides is 1. The molecule has 0 aliphatic heterocycles. The van der Waals surface area contributed by atoms with Gasteiger partial charge in [0, 0.05) is 18.7 Å². The van der Waals surface area contributed by atoms with Crippen molar-refractivity contribution in [3.8, 4) is 0 Å². The molecule has 98 valence electrons. The molecule has 0 aromatic heterocycles. The highest BCUT2D eigenvalue weighted by atomic mass is 16.2. The zero-order chi connectivity index (χ0) is 13.8. The fraction of sp³-hybridized carbons (Fsp3) is 0.385. The third kappa shape index (κ3) is 3.48. The maximum Gasteiger partial charge on any atom is 0.230 e. The summed E-state index contributed by atoms with van der Waals surface area (Å²) in [5.41, 5.74) is 11.5. The number of hydrogen-bond donors (Lipinski definition) is 3. The second kappa shape index (κ2) is 5.53. The highest BCUT2D eigenvalue weighted by Crippen LogP contribution is 2.24. The van der Waals surface area contributed by atoms with Gasteiger partial charge in [0.25, 0.3) is 0 Å². The van der Waals surface area contributed by atoms with Crippen LogP contribution in [0.15, 0.2) is 24.3 Å². The van der Waals surface area contributed by atoms with Gasteiger partial charge in [0.15, 0.2) is 0 Å². The van der Waals surface area contributed by atoms with Gasteiger partial charge in [-0.1, -0.05) is 12.1 Å². The lowest BCUT2D eigenvalue weighted by atomic mass is 9.83. The summed E-state index contributed by atoms with van der Waals surface area (Å²) in [7, 11) is 0. The largest absolute Gasteiger partial charge is 0.399 e. The van der Waals surface area contributed by atoms with E-state index in [2.05, 4.69) is 5.32 Å². The summed E-state index contributed by atoms with van der Waals surface area (Å²) in [5, 5.41) is 2.70. The van der Waals surface area contributed by atoms with Crippen LogP contribution in [0.3, 0.4) is 0 Å². The number of benzene rings is 1. The Morgan fingerprint density at radius 1 is 1.22 bits per heavy atom. The van der Waals surface area contributed by atoms with Crippen LogP contribution in [0.4, 0.5) is 5.69 Å². The van der Waals surface area contributed by atoms with E-state index >= 15 is 0 Å². The van der Waals surface area contributed by atoms with E-state index in [-0.39, 0.29) is 18.9 Å².